The maximum Gasteiger partial charge on any atom is 0.267 e. The van der Waals surface area contributed by atoms with Crippen molar-refractivity contribution in [2.45, 2.75) is 57.0 Å². The summed E-state index contributed by atoms with van der Waals surface area (Å²) in [6.07, 6.45) is 8.10. The van der Waals surface area contributed by atoms with Crippen molar-refractivity contribution in [3.05, 3.63) is 51.1 Å². The standard InChI is InChI=1S/C21H24N2OS2/c1-2-3-9-14-25-21-22-19-18(16-12-7-8-13-17(16)26-19)20(24)23(21)15-10-5-4-6-11-15/h4-6,10-11H,2-3,7-9,12-14H2,1H3. The van der Waals surface area contributed by atoms with E-state index in [1.54, 1.807) is 23.1 Å². The van der Waals surface area contributed by atoms with E-state index < -0.39 is 0 Å². The summed E-state index contributed by atoms with van der Waals surface area (Å²) in [4.78, 5) is 20.8. The van der Waals surface area contributed by atoms with E-state index in [0.29, 0.717) is 0 Å². The van der Waals surface area contributed by atoms with Gasteiger partial charge in [0.05, 0.1) is 11.1 Å². The third kappa shape index (κ3) is 3.35. The molecule has 0 radical (unpaired) electrons. The molecule has 2 aromatic heterocycles. The lowest BCUT2D eigenvalue weighted by molar-refractivity contribution is 0.699. The van der Waals surface area contributed by atoms with Crippen LogP contribution in [0.2, 0.25) is 0 Å². The maximum absolute atomic E-state index is 13.5. The van der Waals surface area contributed by atoms with E-state index in [2.05, 4.69) is 6.92 Å². The molecular weight excluding hydrogens is 360 g/mol. The molecule has 2 heterocycles. The highest BCUT2D eigenvalue weighted by Gasteiger charge is 2.22. The van der Waals surface area contributed by atoms with Crippen molar-refractivity contribution in [1.29, 1.82) is 0 Å². The van der Waals surface area contributed by atoms with Crippen molar-refractivity contribution in [3.8, 4) is 5.69 Å². The van der Waals surface area contributed by atoms with Crippen LogP contribution in [0.4, 0.5) is 0 Å². The summed E-state index contributed by atoms with van der Waals surface area (Å²) in [6, 6.07) is 9.97. The number of hydrogen-bond acceptors (Lipinski definition) is 4. The summed E-state index contributed by atoms with van der Waals surface area (Å²) in [7, 11) is 0. The first-order valence-electron chi connectivity index (χ1n) is 9.55. The lowest BCUT2D eigenvalue weighted by atomic mass is 9.97. The summed E-state index contributed by atoms with van der Waals surface area (Å²) >= 11 is 3.45. The van der Waals surface area contributed by atoms with Crippen LogP contribution < -0.4 is 5.56 Å². The minimum atomic E-state index is 0.110. The average molecular weight is 385 g/mol. The SMILES string of the molecule is CCCCCSc1nc2sc3c(c2c(=O)n1-c1ccccc1)CCCC3. The molecule has 0 atom stereocenters. The molecule has 0 bridgehead atoms. The number of para-hydroxylation sites is 1. The zero-order chi connectivity index (χ0) is 17.9. The fourth-order valence-corrected chi connectivity index (χ4v) is 5.92. The van der Waals surface area contributed by atoms with E-state index in [0.717, 1.165) is 46.1 Å². The topological polar surface area (TPSA) is 34.9 Å². The van der Waals surface area contributed by atoms with Crippen molar-refractivity contribution < 1.29 is 0 Å². The minimum absolute atomic E-state index is 0.110. The fraction of sp³-hybridized carbons (Fsp3) is 0.429. The third-order valence-corrected chi connectivity index (χ3v) is 7.16. The summed E-state index contributed by atoms with van der Waals surface area (Å²) in [5, 5.41) is 1.70. The summed E-state index contributed by atoms with van der Waals surface area (Å²) in [5.41, 5.74) is 2.29. The highest BCUT2D eigenvalue weighted by atomic mass is 32.2. The third-order valence-electron chi connectivity index (χ3n) is 4.95. The number of fused-ring (bicyclic) bond motifs is 3. The highest BCUT2D eigenvalue weighted by molar-refractivity contribution is 7.99. The Bertz CT molecular complexity index is 960. The van der Waals surface area contributed by atoms with Crippen LogP contribution in [0.15, 0.2) is 40.3 Å². The quantitative estimate of drug-likeness (QED) is 0.315. The lowest BCUT2D eigenvalue weighted by Gasteiger charge is -2.13. The number of unbranched alkanes of at least 4 members (excludes halogenated alkanes) is 2. The summed E-state index contributed by atoms with van der Waals surface area (Å²) in [6.45, 7) is 2.21. The Labute approximate surface area is 162 Å². The van der Waals surface area contributed by atoms with Crippen LogP contribution in [0, 0.1) is 0 Å². The number of aromatic nitrogens is 2. The molecule has 136 valence electrons. The number of benzene rings is 1. The summed E-state index contributed by atoms with van der Waals surface area (Å²) < 4.78 is 1.83. The van der Waals surface area contributed by atoms with Crippen LogP contribution in [-0.4, -0.2) is 15.3 Å². The van der Waals surface area contributed by atoms with E-state index in [-0.39, 0.29) is 5.56 Å². The Morgan fingerprint density at radius 2 is 1.96 bits per heavy atom. The van der Waals surface area contributed by atoms with E-state index >= 15 is 0 Å². The Hall–Kier alpha value is -1.59. The molecule has 3 nitrogen and oxygen atoms in total. The Morgan fingerprint density at radius 1 is 1.15 bits per heavy atom. The zero-order valence-corrected chi connectivity index (χ0v) is 16.8. The van der Waals surface area contributed by atoms with Crippen LogP contribution >= 0.6 is 23.1 Å². The van der Waals surface area contributed by atoms with E-state index in [9.17, 15) is 4.79 Å². The second-order valence-electron chi connectivity index (χ2n) is 6.82. The number of rotatable bonds is 6. The zero-order valence-electron chi connectivity index (χ0n) is 15.2. The van der Waals surface area contributed by atoms with Gasteiger partial charge in [-0.3, -0.25) is 9.36 Å². The van der Waals surface area contributed by atoms with Gasteiger partial charge in [-0.1, -0.05) is 49.7 Å². The molecular formula is C21H24N2OS2. The molecule has 0 unspecified atom stereocenters. The normalized spacial score (nSPS) is 13.9. The second kappa shape index (κ2) is 7.97. The average Bonchev–Trinajstić information content (AvgIpc) is 3.04. The molecule has 1 aliphatic rings. The lowest BCUT2D eigenvalue weighted by Crippen LogP contribution is -2.22. The molecule has 5 heteroatoms. The van der Waals surface area contributed by atoms with Gasteiger partial charge in [-0.05, 0) is 49.8 Å². The molecule has 0 aliphatic heterocycles. The van der Waals surface area contributed by atoms with Crippen LogP contribution in [0.1, 0.15) is 49.5 Å². The van der Waals surface area contributed by atoms with Crippen molar-refractivity contribution in [2.75, 3.05) is 5.75 Å². The van der Waals surface area contributed by atoms with Gasteiger partial charge in [-0.2, -0.15) is 0 Å². The molecule has 0 saturated carbocycles. The number of hydrogen-bond donors (Lipinski definition) is 0. The largest absolute Gasteiger partial charge is 0.268 e. The van der Waals surface area contributed by atoms with Gasteiger partial charge >= 0.3 is 0 Å². The molecule has 1 aliphatic carbocycles. The van der Waals surface area contributed by atoms with Gasteiger partial charge in [0, 0.05) is 10.6 Å². The molecule has 4 rings (SSSR count). The first-order valence-corrected chi connectivity index (χ1v) is 11.4. The smallest absolute Gasteiger partial charge is 0.267 e. The van der Waals surface area contributed by atoms with Crippen molar-refractivity contribution >= 4 is 33.3 Å². The fourth-order valence-electron chi connectivity index (χ4n) is 3.60. The number of nitrogens with zero attached hydrogens (tertiary/aromatic N) is 2. The molecule has 1 aromatic carbocycles. The maximum atomic E-state index is 13.5. The molecule has 0 saturated heterocycles. The van der Waals surface area contributed by atoms with E-state index in [1.807, 2.05) is 34.9 Å². The van der Waals surface area contributed by atoms with Gasteiger partial charge in [0.25, 0.3) is 5.56 Å². The van der Waals surface area contributed by atoms with Crippen LogP contribution in [-0.2, 0) is 12.8 Å². The Morgan fingerprint density at radius 3 is 2.77 bits per heavy atom. The number of thioether (sulfide) groups is 1. The Kier molecular flexibility index (Phi) is 5.46. The van der Waals surface area contributed by atoms with Gasteiger partial charge in [-0.25, -0.2) is 4.98 Å². The van der Waals surface area contributed by atoms with Gasteiger partial charge in [0.1, 0.15) is 4.83 Å². The molecule has 26 heavy (non-hydrogen) atoms. The van der Waals surface area contributed by atoms with Crippen LogP contribution in [0.3, 0.4) is 0 Å². The van der Waals surface area contributed by atoms with Crippen LogP contribution in [0.5, 0.6) is 0 Å². The van der Waals surface area contributed by atoms with Crippen molar-refractivity contribution in [3.63, 3.8) is 0 Å². The minimum Gasteiger partial charge on any atom is -0.268 e. The molecule has 0 N–H and O–H groups in total. The molecule has 3 aromatic rings. The predicted octanol–water partition coefficient (Wildman–Crippen LogP) is 5.61. The number of thiophene rings is 1. The first-order chi connectivity index (χ1) is 12.8. The second-order valence-corrected chi connectivity index (χ2v) is 8.96. The monoisotopic (exact) mass is 384 g/mol. The number of aryl methyl sites for hydroxylation is 2. The van der Waals surface area contributed by atoms with Gasteiger partial charge in [0.2, 0.25) is 0 Å². The summed E-state index contributed by atoms with van der Waals surface area (Å²) in [5.74, 6) is 1.00. The molecule has 0 spiro atoms. The van der Waals surface area contributed by atoms with Crippen molar-refractivity contribution in [1.82, 2.24) is 9.55 Å². The molecule has 0 amide bonds. The van der Waals surface area contributed by atoms with E-state index in [1.165, 1.54) is 36.1 Å². The van der Waals surface area contributed by atoms with Gasteiger partial charge in [-0.15, -0.1) is 11.3 Å². The first kappa shape index (κ1) is 17.8. The highest BCUT2D eigenvalue weighted by Crippen LogP contribution is 2.35. The van der Waals surface area contributed by atoms with Gasteiger partial charge in [0.15, 0.2) is 5.16 Å². The van der Waals surface area contributed by atoms with Crippen molar-refractivity contribution in [2.24, 2.45) is 0 Å². The Balaban J connectivity index is 1.86. The van der Waals surface area contributed by atoms with Gasteiger partial charge < -0.3 is 0 Å². The predicted molar refractivity (Wildman–Crippen MR) is 112 cm³/mol. The van der Waals surface area contributed by atoms with E-state index in [4.69, 9.17) is 4.98 Å². The van der Waals surface area contributed by atoms with Crippen LogP contribution in [0.25, 0.3) is 15.9 Å². The molecule has 0 fully saturated rings.